The molecule has 0 spiro atoms. The van der Waals surface area contributed by atoms with Gasteiger partial charge in [0.1, 0.15) is 0 Å². The summed E-state index contributed by atoms with van der Waals surface area (Å²) in [5, 5.41) is 0. The van der Waals surface area contributed by atoms with Crippen LogP contribution in [0.25, 0.3) is 0 Å². The third-order valence-corrected chi connectivity index (χ3v) is 2.76. The fourth-order valence-electron chi connectivity index (χ4n) is 0.860. The quantitative estimate of drug-likeness (QED) is 0.412. The van der Waals surface area contributed by atoms with Gasteiger partial charge in [-0.15, -0.1) is 6.42 Å². The molecule has 0 aliphatic carbocycles. The van der Waals surface area contributed by atoms with Crippen LogP contribution in [-0.2, 0) is 19.1 Å². The molecule has 1 atom stereocenters. The third kappa shape index (κ3) is 4.62. The van der Waals surface area contributed by atoms with Gasteiger partial charge in [0.2, 0.25) is 0 Å². The molecule has 0 heterocycles. The van der Waals surface area contributed by atoms with Crippen LogP contribution in [0, 0.1) is 17.8 Å². The summed E-state index contributed by atoms with van der Waals surface area (Å²) >= 11 is 0. The van der Waals surface area contributed by atoms with Crippen molar-refractivity contribution in [1.29, 1.82) is 0 Å². The molecule has 4 heteroatoms. The van der Waals surface area contributed by atoms with E-state index in [9.17, 15) is 9.59 Å². The highest BCUT2D eigenvalue weighted by Gasteiger charge is 2.29. The van der Waals surface area contributed by atoms with Crippen LogP contribution >= 0.6 is 0 Å². The van der Waals surface area contributed by atoms with Crippen molar-refractivity contribution in [3.8, 4) is 12.3 Å². The molecule has 0 saturated carbocycles. The molecule has 0 amide bonds. The highest BCUT2D eigenvalue weighted by molar-refractivity contribution is 5.80. The van der Waals surface area contributed by atoms with E-state index in [1.807, 2.05) is 6.92 Å². The van der Waals surface area contributed by atoms with Crippen LogP contribution in [0.4, 0.5) is 0 Å². The second-order valence-electron chi connectivity index (χ2n) is 4.74. The number of carbonyl (C=O) groups is 2. The van der Waals surface area contributed by atoms with E-state index in [1.165, 1.54) is 13.0 Å². The molecular weight excluding hydrogens is 232 g/mol. The summed E-state index contributed by atoms with van der Waals surface area (Å²) in [6.07, 6.45) is 7.16. The first-order valence-electron chi connectivity index (χ1n) is 5.71. The van der Waals surface area contributed by atoms with E-state index in [2.05, 4.69) is 12.5 Å². The van der Waals surface area contributed by atoms with Gasteiger partial charge >= 0.3 is 11.9 Å². The molecule has 1 unspecified atom stereocenters. The SMILES string of the molecule is C#CC(C)(C=C)OC(=O)COC(=O)C(C)(C)CC. The van der Waals surface area contributed by atoms with E-state index >= 15 is 0 Å². The third-order valence-electron chi connectivity index (χ3n) is 2.76. The molecule has 0 saturated heterocycles. The second kappa shape index (κ2) is 6.25. The van der Waals surface area contributed by atoms with Crippen molar-refractivity contribution in [3.05, 3.63) is 12.7 Å². The van der Waals surface area contributed by atoms with Crippen molar-refractivity contribution < 1.29 is 19.1 Å². The summed E-state index contributed by atoms with van der Waals surface area (Å²) < 4.78 is 9.84. The fourth-order valence-corrected chi connectivity index (χ4v) is 0.860. The van der Waals surface area contributed by atoms with E-state index in [0.717, 1.165) is 0 Å². The van der Waals surface area contributed by atoms with Crippen LogP contribution < -0.4 is 0 Å². The Morgan fingerprint density at radius 1 is 1.39 bits per heavy atom. The van der Waals surface area contributed by atoms with Crippen molar-refractivity contribution in [2.45, 2.75) is 39.7 Å². The van der Waals surface area contributed by atoms with E-state index in [-0.39, 0.29) is 0 Å². The van der Waals surface area contributed by atoms with E-state index < -0.39 is 29.6 Å². The Morgan fingerprint density at radius 3 is 2.33 bits per heavy atom. The summed E-state index contributed by atoms with van der Waals surface area (Å²) in [5.41, 5.74) is -1.79. The summed E-state index contributed by atoms with van der Waals surface area (Å²) in [4.78, 5) is 23.1. The Balaban J connectivity index is 4.34. The average Bonchev–Trinajstić information content (AvgIpc) is 2.35. The van der Waals surface area contributed by atoms with Gasteiger partial charge in [0.15, 0.2) is 12.2 Å². The first-order valence-corrected chi connectivity index (χ1v) is 5.71. The number of hydrogen-bond acceptors (Lipinski definition) is 4. The summed E-state index contributed by atoms with van der Waals surface area (Å²) in [6.45, 7) is 9.91. The van der Waals surface area contributed by atoms with Gasteiger partial charge in [-0.2, -0.15) is 0 Å². The average molecular weight is 252 g/mol. The summed E-state index contributed by atoms with van der Waals surface area (Å²) in [7, 11) is 0. The molecule has 0 aromatic carbocycles. The molecule has 0 fully saturated rings. The Morgan fingerprint density at radius 2 is 1.94 bits per heavy atom. The lowest BCUT2D eigenvalue weighted by atomic mass is 9.91. The smallest absolute Gasteiger partial charge is 0.346 e. The standard InChI is InChI=1S/C14H20O4/c1-7-13(4,5)12(16)17-10-11(15)18-14(6,8-2)9-3/h2,9H,3,7,10H2,1,4-6H3. The lowest BCUT2D eigenvalue weighted by molar-refractivity contribution is -0.167. The number of ether oxygens (including phenoxy) is 2. The van der Waals surface area contributed by atoms with E-state index in [1.54, 1.807) is 13.8 Å². The Bertz CT molecular complexity index is 376. The highest BCUT2D eigenvalue weighted by Crippen LogP contribution is 2.21. The molecule has 0 aromatic rings. The van der Waals surface area contributed by atoms with Crippen molar-refractivity contribution in [2.75, 3.05) is 6.61 Å². The van der Waals surface area contributed by atoms with Gasteiger partial charge in [-0.05, 0) is 33.3 Å². The van der Waals surface area contributed by atoms with Crippen molar-refractivity contribution in [3.63, 3.8) is 0 Å². The van der Waals surface area contributed by atoms with E-state index in [0.29, 0.717) is 6.42 Å². The molecule has 0 radical (unpaired) electrons. The normalized spacial score (nSPS) is 13.9. The van der Waals surface area contributed by atoms with Gasteiger partial charge in [-0.3, -0.25) is 4.79 Å². The lowest BCUT2D eigenvalue weighted by Gasteiger charge is -2.22. The monoisotopic (exact) mass is 252 g/mol. The molecule has 0 rings (SSSR count). The Kier molecular flexibility index (Phi) is 5.64. The molecule has 0 aromatic heterocycles. The van der Waals surface area contributed by atoms with Gasteiger partial charge in [0, 0.05) is 0 Å². The zero-order chi connectivity index (χ0) is 14.4. The molecule has 4 nitrogen and oxygen atoms in total. The lowest BCUT2D eigenvalue weighted by Crippen LogP contribution is -2.32. The van der Waals surface area contributed by atoms with Gasteiger partial charge in [-0.1, -0.05) is 19.4 Å². The Labute approximate surface area is 108 Å². The number of rotatable bonds is 6. The maximum atomic E-state index is 11.6. The molecule has 0 N–H and O–H groups in total. The molecule has 0 aliphatic rings. The number of terminal acetylenes is 1. The predicted molar refractivity (Wildman–Crippen MR) is 68.6 cm³/mol. The maximum Gasteiger partial charge on any atom is 0.346 e. The summed E-state index contributed by atoms with van der Waals surface area (Å²) in [6, 6.07) is 0. The zero-order valence-corrected chi connectivity index (χ0v) is 11.4. The predicted octanol–water partition coefficient (Wildman–Crippen LogP) is 2.09. The van der Waals surface area contributed by atoms with Crippen LogP contribution in [0.5, 0.6) is 0 Å². The first kappa shape index (κ1) is 16.2. The number of carbonyl (C=O) groups excluding carboxylic acids is 2. The topological polar surface area (TPSA) is 52.6 Å². The van der Waals surface area contributed by atoms with Gasteiger partial charge in [0.25, 0.3) is 0 Å². The van der Waals surface area contributed by atoms with Gasteiger partial charge in [0.05, 0.1) is 5.41 Å². The number of hydrogen-bond donors (Lipinski definition) is 0. The summed E-state index contributed by atoms with van der Waals surface area (Å²) in [5.74, 6) is 1.15. The van der Waals surface area contributed by atoms with Crippen molar-refractivity contribution in [1.82, 2.24) is 0 Å². The van der Waals surface area contributed by atoms with E-state index in [4.69, 9.17) is 15.9 Å². The molecular formula is C14H20O4. The minimum absolute atomic E-state index is 0.442. The first-order chi connectivity index (χ1) is 8.20. The van der Waals surface area contributed by atoms with Crippen LogP contribution in [0.15, 0.2) is 12.7 Å². The zero-order valence-electron chi connectivity index (χ0n) is 11.4. The van der Waals surface area contributed by atoms with Crippen LogP contribution in [0.3, 0.4) is 0 Å². The molecule has 18 heavy (non-hydrogen) atoms. The second-order valence-corrected chi connectivity index (χ2v) is 4.74. The van der Waals surface area contributed by atoms with Crippen molar-refractivity contribution >= 4 is 11.9 Å². The van der Waals surface area contributed by atoms with Gasteiger partial charge < -0.3 is 9.47 Å². The highest BCUT2D eigenvalue weighted by atomic mass is 16.6. The largest absolute Gasteiger partial charge is 0.453 e. The minimum atomic E-state index is -1.18. The van der Waals surface area contributed by atoms with Crippen molar-refractivity contribution in [2.24, 2.45) is 5.41 Å². The minimum Gasteiger partial charge on any atom is -0.453 e. The van der Waals surface area contributed by atoms with Crippen LogP contribution in [-0.4, -0.2) is 24.1 Å². The molecule has 0 bridgehead atoms. The molecule has 100 valence electrons. The Hall–Kier alpha value is -1.76. The van der Waals surface area contributed by atoms with Crippen LogP contribution in [0.1, 0.15) is 34.1 Å². The van der Waals surface area contributed by atoms with Crippen LogP contribution in [0.2, 0.25) is 0 Å². The molecule has 0 aliphatic heterocycles. The van der Waals surface area contributed by atoms with Gasteiger partial charge in [-0.25, -0.2) is 4.79 Å². The fraction of sp³-hybridized carbons (Fsp3) is 0.571. The maximum absolute atomic E-state index is 11.6. The number of esters is 2.